The van der Waals surface area contributed by atoms with E-state index in [1.807, 2.05) is 13.0 Å². The molecule has 0 saturated carbocycles. The Balaban J connectivity index is 1.68. The van der Waals surface area contributed by atoms with Crippen molar-refractivity contribution in [2.75, 3.05) is 18.9 Å². The highest BCUT2D eigenvalue weighted by atomic mass is 16.5. The lowest BCUT2D eigenvalue weighted by molar-refractivity contribution is -0.132. The van der Waals surface area contributed by atoms with Crippen molar-refractivity contribution in [3.05, 3.63) is 47.9 Å². The van der Waals surface area contributed by atoms with Crippen molar-refractivity contribution in [1.29, 1.82) is 0 Å². The molecule has 1 aliphatic rings. The number of anilines is 1. The van der Waals surface area contributed by atoms with Gasteiger partial charge < -0.3 is 19.4 Å². The van der Waals surface area contributed by atoms with E-state index in [9.17, 15) is 9.59 Å². The number of aryl methyl sites for hydroxylation is 1. The number of furan rings is 1. The summed E-state index contributed by atoms with van der Waals surface area (Å²) in [7, 11) is 1.77. The van der Waals surface area contributed by atoms with Gasteiger partial charge >= 0.3 is 0 Å². The molecule has 0 bridgehead atoms. The summed E-state index contributed by atoms with van der Waals surface area (Å²) in [4.78, 5) is 25.6. The van der Waals surface area contributed by atoms with Crippen LogP contribution in [-0.4, -0.2) is 36.4 Å². The minimum Gasteiger partial charge on any atom is -0.481 e. The number of nitrogens with one attached hydrogen (secondary N) is 1. The first-order valence-electron chi connectivity index (χ1n) is 7.40. The average molecular weight is 314 g/mol. The molecule has 6 heteroatoms. The number of nitrogens with zero attached hydrogens (tertiary/aromatic N) is 1. The zero-order valence-electron chi connectivity index (χ0n) is 13.0. The first kappa shape index (κ1) is 15.1. The molecule has 120 valence electrons. The molecular weight excluding hydrogens is 296 g/mol. The third-order valence-electron chi connectivity index (χ3n) is 3.89. The fourth-order valence-electron chi connectivity index (χ4n) is 2.50. The van der Waals surface area contributed by atoms with Crippen molar-refractivity contribution in [1.82, 2.24) is 4.90 Å². The summed E-state index contributed by atoms with van der Waals surface area (Å²) in [6.45, 7) is 2.59. The molecule has 2 heterocycles. The summed E-state index contributed by atoms with van der Waals surface area (Å²) >= 11 is 0. The number of hydrogen-bond donors (Lipinski definition) is 1. The third-order valence-corrected chi connectivity index (χ3v) is 3.89. The quantitative estimate of drug-likeness (QED) is 0.941. The number of carbonyl (C=O) groups is 2. The van der Waals surface area contributed by atoms with Crippen LogP contribution in [-0.2, 0) is 4.79 Å². The minimum absolute atomic E-state index is 0.00000912. The zero-order chi connectivity index (χ0) is 16.4. The maximum atomic E-state index is 12.0. The molecule has 0 aliphatic carbocycles. The van der Waals surface area contributed by atoms with Crippen molar-refractivity contribution < 1.29 is 18.7 Å². The van der Waals surface area contributed by atoms with Crippen molar-refractivity contribution in [3.63, 3.8) is 0 Å². The van der Waals surface area contributed by atoms with Gasteiger partial charge in [0.15, 0.2) is 6.10 Å². The monoisotopic (exact) mass is 314 g/mol. The lowest BCUT2D eigenvalue weighted by Gasteiger charge is -2.15. The Morgan fingerprint density at radius 1 is 1.39 bits per heavy atom. The second-order valence-corrected chi connectivity index (χ2v) is 5.60. The molecule has 2 aromatic rings. The number of likely N-dealkylation sites (N-methyl/N-ethyl adjacent to an activating group) is 1. The maximum Gasteiger partial charge on any atom is 0.263 e. The van der Waals surface area contributed by atoms with Gasteiger partial charge in [-0.3, -0.25) is 9.59 Å². The van der Waals surface area contributed by atoms with E-state index in [4.69, 9.17) is 9.15 Å². The molecule has 1 atom stereocenters. The van der Waals surface area contributed by atoms with E-state index >= 15 is 0 Å². The number of benzene rings is 1. The molecule has 6 nitrogen and oxygen atoms in total. The molecule has 0 spiro atoms. The molecule has 2 amide bonds. The highest BCUT2D eigenvalue weighted by molar-refractivity contribution is 6.04. The van der Waals surface area contributed by atoms with Crippen molar-refractivity contribution >= 4 is 17.5 Å². The number of amides is 2. The molecule has 1 aromatic carbocycles. The Hall–Kier alpha value is -2.76. The smallest absolute Gasteiger partial charge is 0.263 e. The second kappa shape index (κ2) is 6.16. The van der Waals surface area contributed by atoms with Crippen LogP contribution in [0.1, 0.15) is 22.3 Å². The first-order chi connectivity index (χ1) is 11.0. The van der Waals surface area contributed by atoms with Crippen LogP contribution in [0.5, 0.6) is 5.75 Å². The van der Waals surface area contributed by atoms with Gasteiger partial charge in [0.2, 0.25) is 0 Å². The van der Waals surface area contributed by atoms with E-state index in [1.54, 1.807) is 30.1 Å². The van der Waals surface area contributed by atoms with Gasteiger partial charge in [-0.15, -0.1) is 0 Å². The van der Waals surface area contributed by atoms with E-state index in [0.717, 1.165) is 5.56 Å². The second-order valence-electron chi connectivity index (χ2n) is 5.60. The van der Waals surface area contributed by atoms with Crippen molar-refractivity contribution in [2.24, 2.45) is 0 Å². The normalized spacial score (nSPS) is 17.4. The van der Waals surface area contributed by atoms with E-state index in [2.05, 4.69) is 5.32 Å². The van der Waals surface area contributed by atoms with Crippen LogP contribution in [0.4, 0.5) is 5.69 Å². The summed E-state index contributed by atoms with van der Waals surface area (Å²) in [5, 5.41) is 2.82. The van der Waals surface area contributed by atoms with E-state index < -0.39 is 6.10 Å². The van der Waals surface area contributed by atoms with Crippen LogP contribution in [0, 0.1) is 6.92 Å². The fourth-order valence-corrected chi connectivity index (χ4v) is 2.50. The first-order valence-corrected chi connectivity index (χ1v) is 7.40. The lowest BCUT2D eigenvalue weighted by Crippen LogP contribution is -2.29. The minimum atomic E-state index is -0.425. The number of carbonyl (C=O) groups excluding carboxylic acids is 2. The topological polar surface area (TPSA) is 71.8 Å². The number of ether oxygens (including phenoxy) is 1. The van der Waals surface area contributed by atoms with Gasteiger partial charge in [0.05, 0.1) is 11.8 Å². The molecule has 1 saturated heterocycles. The van der Waals surface area contributed by atoms with Crippen LogP contribution in [0.25, 0.3) is 0 Å². The van der Waals surface area contributed by atoms with Gasteiger partial charge in [0.25, 0.3) is 11.8 Å². The summed E-state index contributed by atoms with van der Waals surface area (Å²) in [6.07, 6.45) is 3.11. The van der Waals surface area contributed by atoms with Gasteiger partial charge in [-0.2, -0.15) is 0 Å². The highest BCUT2D eigenvalue weighted by Crippen LogP contribution is 2.25. The van der Waals surface area contributed by atoms with Gasteiger partial charge in [0, 0.05) is 25.7 Å². The van der Waals surface area contributed by atoms with Gasteiger partial charge in [-0.05, 0) is 36.8 Å². The predicted molar refractivity (Wildman–Crippen MR) is 84.5 cm³/mol. The van der Waals surface area contributed by atoms with Crippen LogP contribution in [0.15, 0.2) is 41.2 Å². The average Bonchev–Trinajstić information content (AvgIpc) is 3.16. The van der Waals surface area contributed by atoms with Crippen LogP contribution in [0.3, 0.4) is 0 Å². The summed E-state index contributed by atoms with van der Waals surface area (Å²) in [5.74, 6) is 0.389. The van der Waals surface area contributed by atoms with Crippen LogP contribution in [0.2, 0.25) is 0 Å². The summed E-state index contributed by atoms with van der Waals surface area (Å²) < 4.78 is 10.7. The molecular formula is C17H18N2O4. The predicted octanol–water partition coefficient (Wildman–Crippen LogP) is 2.45. The number of likely N-dealkylation sites (tertiary alicyclic amines) is 1. The SMILES string of the molecule is Cc1cc(O[C@@H]2CCN(C)C2=O)ccc1NC(=O)c1ccoc1. The molecule has 1 aromatic heterocycles. The van der Waals surface area contributed by atoms with Crippen LogP contribution >= 0.6 is 0 Å². The molecule has 1 N–H and O–H groups in total. The number of hydrogen-bond acceptors (Lipinski definition) is 4. The fraction of sp³-hybridized carbons (Fsp3) is 0.294. The third kappa shape index (κ3) is 3.21. The Morgan fingerprint density at radius 3 is 2.83 bits per heavy atom. The molecule has 0 unspecified atom stereocenters. The van der Waals surface area contributed by atoms with E-state index in [0.29, 0.717) is 30.0 Å². The highest BCUT2D eigenvalue weighted by Gasteiger charge is 2.30. The molecule has 1 fully saturated rings. The van der Waals surface area contributed by atoms with Crippen LogP contribution < -0.4 is 10.1 Å². The molecule has 23 heavy (non-hydrogen) atoms. The van der Waals surface area contributed by atoms with E-state index in [-0.39, 0.29) is 11.8 Å². The summed E-state index contributed by atoms with van der Waals surface area (Å²) in [6, 6.07) is 6.94. The Morgan fingerprint density at radius 2 is 2.22 bits per heavy atom. The Bertz CT molecular complexity index is 724. The standard InChI is InChI=1S/C17H18N2O4/c1-11-9-13(23-15-5-7-19(2)17(15)21)3-4-14(11)18-16(20)12-6-8-22-10-12/h3-4,6,8-10,15H,5,7H2,1-2H3,(H,18,20)/t15-/m1/s1. The Kier molecular flexibility index (Phi) is 4.06. The van der Waals surface area contributed by atoms with Crippen molar-refractivity contribution in [2.45, 2.75) is 19.4 Å². The Labute approximate surface area is 134 Å². The number of rotatable bonds is 4. The van der Waals surface area contributed by atoms with E-state index in [1.165, 1.54) is 12.5 Å². The molecule has 1 aliphatic heterocycles. The van der Waals surface area contributed by atoms with Gasteiger partial charge in [-0.25, -0.2) is 0 Å². The largest absolute Gasteiger partial charge is 0.481 e. The van der Waals surface area contributed by atoms with Gasteiger partial charge in [-0.1, -0.05) is 0 Å². The summed E-state index contributed by atoms with van der Waals surface area (Å²) in [5.41, 5.74) is 2.01. The lowest BCUT2D eigenvalue weighted by atomic mass is 10.1. The molecule has 0 radical (unpaired) electrons. The van der Waals surface area contributed by atoms with Crippen molar-refractivity contribution in [3.8, 4) is 5.75 Å². The maximum absolute atomic E-state index is 12.0. The van der Waals surface area contributed by atoms with Gasteiger partial charge in [0.1, 0.15) is 12.0 Å². The molecule has 3 rings (SSSR count). The zero-order valence-corrected chi connectivity index (χ0v) is 13.0.